The van der Waals surface area contributed by atoms with Gasteiger partial charge in [0.2, 0.25) is 5.75 Å². The number of rotatable bonds is 10. The number of halogens is 1. The lowest BCUT2D eigenvalue weighted by Gasteiger charge is -2.27. The Hall–Kier alpha value is -2.75. The number of benzene rings is 1. The first-order chi connectivity index (χ1) is 16.7. The zero-order valence-electron chi connectivity index (χ0n) is 18.8. The summed E-state index contributed by atoms with van der Waals surface area (Å²) in [7, 11) is -4.70. The van der Waals surface area contributed by atoms with Crippen LogP contribution in [0, 0.1) is 0 Å². The fraction of sp³-hybridized carbons (Fsp3) is 0.421. The summed E-state index contributed by atoms with van der Waals surface area (Å²) < 4.78 is 28.7. The predicted octanol–water partition coefficient (Wildman–Crippen LogP) is 0.0407. The SMILES string of the molecule is C[C@H](NP(=O)(O)OOc1ccc(Cl)cc1OC[C@H]1O[C@@H](n2ccc(N)nc2=O)[C@](C)(O)[C@@H]1O)C(=O)O. The molecule has 1 aromatic carbocycles. The Bertz CT molecular complexity index is 1230. The van der Waals surface area contributed by atoms with Crippen molar-refractivity contribution in [2.75, 3.05) is 12.3 Å². The van der Waals surface area contributed by atoms with Gasteiger partial charge in [-0.1, -0.05) is 16.3 Å². The van der Waals surface area contributed by atoms with Crippen molar-refractivity contribution < 1.29 is 48.6 Å². The van der Waals surface area contributed by atoms with Gasteiger partial charge in [0.25, 0.3) is 0 Å². The van der Waals surface area contributed by atoms with Crippen LogP contribution < -0.4 is 26.1 Å². The molecule has 1 fully saturated rings. The topological polar surface area (TPSA) is 225 Å². The Kier molecular flexibility index (Phi) is 8.27. The smallest absolute Gasteiger partial charge is 0.440 e. The normalized spacial score (nSPS) is 26.2. The molecule has 15 nitrogen and oxygen atoms in total. The number of carbonyl (C=O) groups is 1. The highest BCUT2D eigenvalue weighted by atomic mass is 35.5. The Balaban J connectivity index is 1.72. The first-order valence-electron chi connectivity index (χ1n) is 10.2. The standard InChI is InChI=1S/C19H24ClN4O11P/c1-9(16(26)27)23-36(30,31)35-34-11-4-3-10(20)7-12(11)32-8-13-15(25)19(2,29)17(33-13)24-6-5-14(21)22-18(24)28/h3-7,9,13,15,17,25,29H,8H2,1-2H3,(H,26,27)(H2,21,22,28)(H2,23,30,31)/t9-,13+,15+,17+,19+/m0/s1. The van der Waals surface area contributed by atoms with Gasteiger partial charge in [-0.25, -0.2) is 14.4 Å². The number of aromatic nitrogens is 2. The van der Waals surface area contributed by atoms with Gasteiger partial charge < -0.3 is 40.3 Å². The molecule has 1 aromatic heterocycles. The average Bonchev–Trinajstić information content (AvgIpc) is 3.00. The van der Waals surface area contributed by atoms with E-state index in [4.69, 9.17) is 36.8 Å². The van der Waals surface area contributed by atoms with Gasteiger partial charge in [0.15, 0.2) is 12.0 Å². The Morgan fingerprint density at radius 3 is 2.75 bits per heavy atom. The number of nitrogens with zero attached hydrogens (tertiary/aromatic N) is 2. The van der Waals surface area contributed by atoms with Crippen LogP contribution in [0.3, 0.4) is 0 Å². The maximum absolute atomic E-state index is 12.2. The Morgan fingerprint density at radius 2 is 2.11 bits per heavy atom. The number of anilines is 1. The molecule has 1 aliphatic rings. The van der Waals surface area contributed by atoms with Gasteiger partial charge in [0.05, 0.1) is 0 Å². The van der Waals surface area contributed by atoms with Crippen molar-refractivity contribution in [3.63, 3.8) is 0 Å². The molecular formula is C19H24ClN4O11P. The molecular weight excluding hydrogens is 527 g/mol. The number of nitrogen functional groups attached to an aromatic ring is 1. The third-order valence-electron chi connectivity index (χ3n) is 5.12. The van der Waals surface area contributed by atoms with Crippen LogP contribution in [0.15, 0.2) is 35.3 Å². The highest BCUT2D eigenvalue weighted by Gasteiger charge is 2.53. The molecule has 0 spiro atoms. The van der Waals surface area contributed by atoms with Crippen LogP contribution in [0.2, 0.25) is 5.02 Å². The first kappa shape index (κ1) is 27.8. The van der Waals surface area contributed by atoms with Gasteiger partial charge in [-0.15, -0.1) is 0 Å². The summed E-state index contributed by atoms with van der Waals surface area (Å²) in [6, 6.07) is 3.75. The van der Waals surface area contributed by atoms with Crippen molar-refractivity contribution in [2.24, 2.45) is 0 Å². The second-order valence-corrected chi connectivity index (χ2v) is 9.89. The maximum Gasteiger partial charge on any atom is 0.440 e. The van der Waals surface area contributed by atoms with Crippen molar-refractivity contribution in [1.29, 1.82) is 0 Å². The largest absolute Gasteiger partial charge is 0.487 e. The number of aliphatic hydroxyl groups is 2. The number of nitrogens with one attached hydrogen (secondary N) is 1. The molecule has 198 valence electrons. The zero-order chi connectivity index (χ0) is 26.8. The number of carboxylic acid groups (broad SMARTS) is 1. The second-order valence-electron chi connectivity index (χ2n) is 8.01. The minimum Gasteiger partial charge on any atom is -0.487 e. The van der Waals surface area contributed by atoms with E-state index in [1.165, 1.54) is 37.4 Å². The van der Waals surface area contributed by atoms with E-state index in [1.54, 1.807) is 0 Å². The molecule has 0 saturated carbocycles. The minimum atomic E-state index is -4.70. The number of hydrogen-bond acceptors (Lipinski definition) is 11. The number of hydrogen-bond donors (Lipinski definition) is 6. The van der Waals surface area contributed by atoms with Gasteiger partial charge in [0, 0.05) is 17.3 Å². The number of ether oxygens (including phenoxy) is 2. The van der Waals surface area contributed by atoms with E-state index in [0.29, 0.717) is 0 Å². The summed E-state index contributed by atoms with van der Waals surface area (Å²) in [4.78, 5) is 41.3. The molecule has 1 unspecified atom stereocenters. The summed E-state index contributed by atoms with van der Waals surface area (Å²) in [6.45, 7) is 1.98. The van der Waals surface area contributed by atoms with Crippen LogP contribution in [-0.4, -0.2) is 66.2 Å². The van der Waals surface area contributed by atoms with Gasteiger partial charge in [0.1, 0.15) is 36.3 Å². The predicted molar refractivity (Wildman–Crippen MR) is 122 cm³/mol. The van der Waals surface area contributed by atoms with Crippen LogP contribution in [0.25, 0.3) is 0 Å². The van der Waals surface area contributed by atoms with Gasteiger partial charge in [-0.3, -0.25) is 9.36 Å². The Morgan fingerprint density at radius 1 is 1.42 bits per heavy atom. The van der Waals surface area contributed by atoms with Crippen molar-refractivity contribution in [2.45, 2.75) is 43.9 Å². The molecule has 36 heavy (non-hydrogen) atoms. The van der Waals surface area contributed by atoms with Crippen LogP contribution in [0.1, 0.15) is 20.1 Å². The zero-order valence-corrected chi connectivity index (χ0v) is 20.5. The summed E-state index contributed by atoms with van der Waals surface area (Å²) >= 11 is 5.98. The molecule has 1 aliphatic heterocycles. The third kappa shape index (κ3) is 6.32. The van der Waals surface area contributed by atoms with E-state index >= 15 is 0 Å². The second kappa shape index (κ2) is 10.7. The lowest BCUT2D eigenvalue weighted by atomic mass is 9.96. The molecule has 7 N–H and O–H groups in total. The highest BCUT2D eigenvalue weighted by Crippen LogP contribution is 2.41. The first-order valence-corrected chi connectivity index (χ1v) is 12.2. The van der Waals surface area contributed by atoms with Crippen LogP contribution in [-0.2, 0) is 18.8 Å². The quantitative estimate of drug-likeness (QED) is 0.130. The molecule has 0 aliphatic carbocycles. The molecule has 17 heteroatoms. The minimum absolute atomic E-state index is 0.0370. The molecule has 2 heterocycles. The summed E-state index contributed by atoms with van der Waals surface area (Å²) in [5.74, 6) is -1.78. The number of nitrogens with two attached hydrogens (primary N) is 1. The van der Waals surface area contributed by atoms with Crippen LogP contribution >= 0.6 is 19.3 Å². The van der Waals surface area contributed by atoms with E-state index < -0.39 is 56.1 Å². The fourth-order valence-electron chi connectivity index (χ4n) is 3.23. The van der Waals surface area contributed by atoms with Gasteiger partial charge in [-0.05, 0) is 32.0 Å². The molecule has 0 radical (unpaired) electrons. The number of aliphatic hydroxyl groups excluding tert-OH is 1. The highest BCUT2D eigenvalue weighted by molar-refractivity contribution is 7.50. The molecule has 0 amide bonds. The third-order valence-corrected chi connectivity index (χ3v) is 6.35. The molecule has 0 bridgehead atoms. The molecule has 6 atom stereocenters. The van der Waals surface area contributed by atoms with Crippen molar-refractivity contribution in [3.8, 4) is 11.5 Å². The lowest BCUT2D eigenvalue weighted by molar-refractivity contribution is -0.139. The number of carboxylic acids is 1. The van der Waals surface area contributed by atoms with E-state index in [0.717, 1.165) is 11.5 Å². The van der Waals surface area contributed by atoms with Gasteiger partial charge in [-0.2, -0.15) is 4.98 Å². The molecule has 3 rings (SSSR count). The van der Waals surface area contributed by atoms with Crippen molar-refractivity contribution in [1.82, 2.24) is 14.6 Å². The van der Waals surface area contributed by atoms with Crippen LogP contribution in [0.5, 0.6) is 11.5 Å². The van der Waals surface area contributed by atoms with Crippen LogP contribution in [0.4, 0.5) is 5.82 Å². The Labute approximate surface area is 208 Å². The van der Waals surface area contributed by atoms with E-state index in [2.05, 4.69) is 9.66 Å². The fourth-order valence-corrected chi connectivity index (χ4v) is 4.22. The molecule has 1 saturated heterocycles. The monoisotopic (exact) mass is 550 g/mol. The summed E-state index contributed by atoms with van der Waals surface area (Å²) in [5.41, 5.74) is 2.74. The van der Waals surface area contributed by atoms with Gasteiger partial charge >= 0.3 is 19.4 Å². The van der Waals surface area contributed by atoms with Crippen molar-refractivity contribution >= 4 is 31.1 Å². The summed E-state index contributed by atoms with van der Waals surface area (Å²) in [5, 5.41) is 32.3. The lowest BCUT2D eigenvalue weighted by Crippen LogP contribution is -2.46. The maximum atomic E-state index is 12.2. The average molecular weight is 551 g/mol. The van der Waals surface area contributed by atoms with E-state index in [9.17, 15) is 29.3 Å². The summed E-state index contributed by atoms with van der Waals surface area (Å²) in [6.07, 6.45) is -2.76. The van der Waals surface area contributed by atoms with E-state index in [1.807, 2.05) is 5.09 Å². The van der Waals surface area contributed by atoms with Crippen molar-refractivity contribution in [3.05, 3.63) is 46.0 Å². The molecule has 2 aromatic rings. The van der Waals surface area contributed by atoms with E-state index in [-0.39, 0.29) is 22.3 Å². The number of aliphatic carboxylic acids is 1.